The van der Waals surface area contributed by atoms with Crippen molar-refractivity contribution in [3.63, 3.8) is 0 Å². The lowest BCUT2D eigenvalue weighted by atomic mass is 10.1. The van der Waals surface area contributed by atoms with Gasteiger partial charge in [0.15, 0.2) is 5.96 Å². The van der Waals surface area contributed by atoms with Gasteiger partial charge in [0.05, 0.1) is 26.3 Å². The van der Waals surface area contributed by atoms with Crippen LogP contribution < -0.4 is 10.6 Å². The molecule has 1 aromatic carbocycles. The van der Waals surface area contributed by atoms with Crippen molar-refractivity contribution in [3.05, 3.63) is 35.4 Å². The average molecular weight is 529 g/mol. The summed E-state index contributed by atoms with van der Waals surface area (Å²) >= 11 is 0. The first-order chi connectivity index (χ1) is 14.1. The Kier molecular flexibility index (Phi) is 10.9. The number of amides is 1. The van der Waals surface area contributed by atoms with E-state index in [1.807, 2.05) is 0 Å². The van der Waals surface area contributed by atoms with Crippen molar-refractivity contribution < 1.29 is 9.53 Å². The highest BCUT2D eigenvalue weighted by Crippen LogP contribution is 2.18. The van der Waals surface area contributed by atoms with Crippen molar-refractivity contribution in [1.29, 1.82) is 0 Å². The summed E-state index contributed by atoms with van der Waals surface area (Å²) in [6.07, 6.45) is 4.83. The lowest BCUT2D eigenvalue weighted by Crippen LogP contribution is -2.46. The van der Waals surface area contributed by atoms with Crippen LogP contribution in [0, 0.1) is 0 Å². The molecule has 8 heteroatoms. The van der Waals surface area contributed by atoms with Crippen molar-refractivity contribution in [2.75, 3.05) is 46.9 Å². The largest absolute Gasteiger partial charge is 0.379 e. The van der Waals surface area contributed by atoms with Crippen LogP contribution in [0.25, 0.3) is 0 Å². The van der Waals surface area contributed by atoms with Crippen molar-refractivity contribution in [2.45, 2.75) is 44.8 Å². The Labute approximate surface area is 197 Å². The fraction of sp³-hybridized carbons (Fsp3) is 0.636. The van der Waals surface area contributed by atoms with E-state index in [0.29, 0.717) is 12.6 Å². The Morgan fingerprint density at radius 3 is 2.50 bits per heavy atom. The number of nitrogens with zero attached hydrogens (tertiary/aromatic N) is 3. The molecule has 1 heterocycles. The molecule has 1 saturated carbocycles. The zero-order valence-electron chi connectivity index (χ0n) is 18.2. The van der Waals surface area contributed by atoms with Gasteiger partial charge in [-0.05, 0) is 24.0 Å². The molecule has 168 valence electrons. The molecule has 1 aromatic rings. The van der Waals surface area contributed by atoms with E-state index < -0.39 is 0 Å². The Morgan fingerprint density at radius 2 is 1.83 bits per heavy atom. The molecule has 2 fully saturated rings. The molecule has 30 heavy (non-hydrogen) atoms. The number of hydrogen-bond donors (Lipinski definition) is 2. The predicted molar refractivity (Wildman–Crippen MR) is 131 cm³/mol. The van der Waals surface area contributed by atoms with Gasteiger partial charge in [0.25, 0.3) is 0 Å². The van der Waals surface area contributed by atoms with Crippen LogP contribution in [0.4, 0.5) is 0 Å². The van der Waals surface area contributed by atoms with Crippen LogP contribution >= 0.6 is 24.0 Å². The number of hydrogen-bond acceptors (Lipinski definition) is 4. The number of aliphatic imine (C=N–C) groups is 1. The SMILES string of the molecule is CN(C)C(=O)CNC(=NCc1ccccc1CN1CCOCC1)NC1CCCC1.I. The third-order valence-electron chi connectivity index (χ3n) is 5.63. The molecule has 0 aromatic heterocycles. The third kappa shape index (κ3) is 8.03. The molecule has 0 bridgehead atoms. The Balaban J connectivity index is 0.00000320. The number of nitrogens with one attached hydrogen (secondary N) is 2. The Bertz CT molecular complexity index is 686. The Morgan fingerprint density at radius 1 is 1.17 bits per heavy atom. The first-order valence-electron chi connectivity index (χ1n) is 10.7. The van der Waals surface area contributed by atoms with Crippen LogP contribution in [0.2, 0.25) is 0 Å². The summed E-state index contributed by atoms with van der Waals surface area (Å²) in [5.41, 5.74) is 2.54. The molecule has 2 aliphatic rings. The lowest BCUT2D eigenvalue weighted by molar-refractivity contribution is -0.127. The summed E-state index contributed by atoms with van der Waals surface area (Å²) in [4.78, 5) is 20.8. The zero-order chi connectivity index (χ0) is 20.5. The van der Waals surface area contributed by atoms with E-state index in [4.69, 9.17) is 9.73 Å². The number of halogens is 1. The van der Waals surface area contributed by atoms with E-state index in [0.717, 1.165) is 51.6 Å². The lowest BCUT2D eigenvalue weighted by Gasteiger charge is -2.27. The molecule has 2 N–H and O–H groups in total. The minimum absolute atomic E-state index is 0. The van der Waals surface area contributed by atoms with Crippen molar-refractivity contribution in [3.8, 4) is 0 Å². The molecular formula is C22H36IN5O2. The molecule has 1 aliphatic carbocycles. The van der Waals surface area contributed by atoms with Gasteiger partial charge in [0.2, 0.25) is 5.91 Å². The summed E-state index contributed by atoms with van der Waals surface area (Å²) in [6, 6.07) is 8.94. The monoisotopic (exact) mass is 529 g/mol. The fourth-order valence-electron chi connectivity index (χ4n) is 3.76. The highest BCUT2D eigenvalue weighted by Gasteiger charge is 2.17. The van der Waals surface area contributed by atoms with E-state index in [1.165, 1.54) is 24.0 Å². The van der Waals surface area contributed by atoms with E-state index >= 15 is 0 Å². The van der Waals surface area contributed by atoms with Gasteiger partial charge in [0, 0.05) is 39.8 Å². The maximum absolute atomic E-state index is 12.0. The molecule has 0 radical (unpaired) electrons. The minimum Gasteiger partial charge on any atom is -0.379 e. The molecule has 0 unspecified atom stereocenters. The maximum atomic E-state index is 12.0. The molecule has 1 saturated heterocycles. The summed E-state index contributed by atoms with van der Waals surface area (Å²) in [5, 5.41) is 6.74. The van der Waals surface area contributed by atoms with Gasteiger partial charge in [-0.1, -0.05) is 37.1 Å². The molecular weight excluding hydrogens is 493 g/mol. The number of rotatable bonds is 7. The summed E-state index contributed by atoms with van der Waals surface area (Å²) in [5.74, 6) is 0.770. The number of ether oxygens (including phenoxy) is 1. The number of carbonyl (C=O) groups excluding carboxylic acids is 1. The third-order valence-corrected chi connectivity index (χ3v) is 5.63. The quantitative estimate of drug-likeness (QED) is 0.322. The molecule has 1 aliphatic heterocycles. The van der Waals surface area contributed by atoms with Crippen molar-refractivity contribution in [1.82, 2.24) is 20.4 Å². The van der Waals surface area contributed by atoms with Gasteiger partial charge in [0.1, 0.15) is 0 Å². The van der Waals surface area contributed by atoms with Crippen LogP contribution in [0.15, 0.2) is 29.3 Å². The number of likely N-dealkylation sites (N-methyl/N-ethyl adjacent to an activating group) is 1. The van der Waals surface area contributed by atoms with Crippen molar-refractivity contribution in [2.24, 2.45) is 4.99 Å². The van der Waals surface area contributed by atoms with Crippen LogP contribution in [0.3, 0.4) is 0 Å². The second-order valence-corrected chi connectivity index (χ2v) is 8.09. The number of morpholine rings is 1. The summed E-state index contributed by atoms with van der Waals surface area (Å²) in [7, 11) is 3.54. The maximum Gasteiger partial charge on any atom is 0.241 e. The second-order valence-electron chi connectivity index (χ2n) is 8.09. The van der Waals surface area contributed by atoms with Crippen LogP contribution in [0.1, 0.15) is 36.8 Å². The Hall–Kier alpha value is -1.39. The van der Waals surface area contributed by atoms with Gasteiger partial charge in [-0.2, -0.15) is 0 Å². The number of benzene rings is 1. The zero-order valence-corrected chi connectivity index (χ0v) is 20.6. The highest BCUT2D eigenvalue weighted by atomic mass is 127. The average Bonchev–Trinajstić information content (AvgIpc) is 3.24. The van der Waals surface area contributed by atoms with E-state index in [1.54, 1.807) is 19.0 Å². The first kappa shape index (κ1) is 24.9. The molecule has 0 spiro atoms. The van der Waals surface area contributed by atoms with E-state index in [-0.39, 0.29) is 36.4 Å². The summed E-state index contributed by atoms with van der Waals surface area (Å²) in [6.45, 7) is 5.33. The van der Waals surface area contributed by atoms with Crippen LogP contribution in [-0.4, -0.2) is 74.7 Å². The summed E-state index contributed by atoms with van der Waals surface area (Å²) < 4.78 is 5.46. The van der Waals surface area contributed by atoms with Gasteiger partial charge in [-0.25, -0.2) is 4.99 Å². The van der Waals surface area contributed by atoms with Crippen molar-refractivity contribution >= 4 is 35.8 Å². The van der Waals surface area contributed by atoms with Crippen LogP contribution in [-0.2, 0) is 22.6 Å². The molecule has 0 atom stereocenters. The van der Waals surface area contributed by atoms with Gasteiger partial charge >= 0.3 is 0 Å². The topological polar surface area (TPSA) is 69.2 Å². The molecule has 1 amide bonds. The minimum atomic E-state index is 0. The number of carbonyl (C=O) groups is 1. The van der Waals surface area contributed by atoms with E-state index in [9.17, 15) is 4.79 Å². The fourth-order valence-corrected chi connectivity index (χ4v) is 3.76. The normalized spacial score (nSPS) is 18.0. The highest BCUT2D eigenvalue weighted by molar-refractivity contribution is 14.0. The smallest absolute Gasteiger partial charge is 0.241 e. The van der Waals surface area contributed by atoms with Crippen LogP contribution in [0.5, 0.6) is 0 Å². The predicted octanol–water partition coefficient (Wildman–Crippen LogP) is 2.20. The van der Waals surface area contributed by atoms with Gasteiger partial charge in [-0.15, -0.1) is 24.0 Å². The number of guanidine groups is 1. The standard InChI is InChI=1S/C22H35N5O2.HI/c1-26(2)21(28)16-24-22(25-20-9-5-6-10-20)23-15-18-7-3-4-8-19(18)17-27-11-13-29-14-12-27;/h3-4,7-8,20H,5-6,9-17H2,1-2H3,(H2,23,24,25);1H. The molecule has 7 nitrogen and oxygen atoms in total. The molecule has 3 rings (SSSR count). The first-order valence-corrected chi connectivity index (χ1v) is 10.7. The van der Waals surface area contributed by atoms with E-state index in [2.05, 4.69) is 39.8 Å². The van der Waals surface area contributed by atoms with Gasteiger partial charge in [-0.3, -0.25) is 9.69 Å². The van der Waals surface area contributed by atoms with Gasteiger partial charge < -0.3 is 20.3 Å². The second kappa shape index (κ2) is 13.1.